The number of carbonyl (C=O) groups is 1. The highest BCUT2D eigenvalue weighted by atomic mass is 16.2. The van der Waals surface area contributed by atoms with Gasteiger partial charge in [0.05, 0.1) is 7.05 Å². The Hall–Kier alpha value is -2.91. The summed E-state index contributed by atoms with van der Waals surface area (Å²) in [4.78, 5) is 13.4. The van der Waals surface area contributed by atoms with Gasteiger partial charge in [-0.2, -0.15) is 0 Å². The lowest BCUT2D eigenvalue weighted by atomic mass is 10.1. The van der Waals surface area contributed by atoms with Crippen molar-refractivity contribution in [1.82, 2.24) is 0 Å². The highest BCUT2D eigenvalue weighted by molar-refractivity contribution is 5.91. The van der Waals surface area contributed by atoms with Crippen LogP contribution in [0.5, 0.6) is 0 Å². The molecule has 0 fully saturated rings. The minimum absolute atomic E-state index is 0.0286. The summed E-state index contributed by atoms with van der Waals surface area (Å²) in [6.45, 7) is 1.27. The molecule has 0 radical (unpaired) electrons. The Morgan fingerprint density at radius 1 is 0.800 bits per heavy atom. The summed E-state index contributed by atoms with van der Waals surface area (Å²) in [6, 6.07) is 28.4. The Kier molecular flexibility index (Phi) is 5.60. The third kappa shape index (κ3) is 5.03. The van der Waals surface area contributed by atoms with Crippen LogP contribution < -0.4 is 10.2 Å². The first-order chi connectivity index (χ1) is 12.2. The molecule has 0 bridgehead atoms. The third-order valence-corrected chi connectivity index (χ3v) is 4.09. The van der Waals surface area contributed by atoms with Gasteiger partial charge in [0.2, 0.25) is 0 Å². The van der Waals surface area contributed by atoms with Gasteiger partial charge < -0.3 is 10.2 Å². The topological polar surface area (TPSA) is 33.5 Å². The molecule has 0 aliphatic heterocycles. The molecule has 1 atom stereocenters. The number of anilines is 1. The second-order valence-electron chi connectivity index (χ2n) is 6.29. The van der Waals surface area contributed by atoms with Gasteiger partial charge in [-0.15, -0.1) is 0 Å². The van der Waals surface area contributed by atoms with Gasteiger partial charge in [-0.05, 0) is 23.3 Å². The standard InChI is InChI=1S/C22H22N2O/c1-24(16-18-8-4-2-5-9-18)17-22(25)23-21-14-12-20(13-15-21)19-10-6-3-7-11-19/h2-15H,16-17H2,1H3,(H,23,25)/p+1. The summed E-state index contributed by atoms with van der Waals surface area (Å²) in [6.07, 6.45) is 0. The fourth-order valence-electron chi connectivity index (χ4n) is 2.86. The van der Waals surface area contributed by atoms with Crippen LogP contribution in [-0.2, 0) is 11.3 Å². The molecule has 0 spiro atoms. The monoisotopic (exact) mass is 331 g/mol. The van der Waals surface area contributed by atoms with E-state index in [0.29, 0.717) is 6.54 Å². The summed E-state index contributed by atoms with van der Waals surface area (Å²) in [5.74, 6) is 0.0286. The lowest BCUT2D eigenvalue weighted by Gasteiger charge is -2.14. The molecule has 0 aliphatic carbocycles. The Bertz CT molecular complexity index is 798. The normalized spacial score (nSPS) is 11.7. The highest BCUT2D eigenvalue weighted by Gasteiger charge is 2.10. The van der Waals surface area contributed by atoms with Crippen molar-refractivity contribution in [2.24, 2.45) is 0 Å². The SMILES string of the molecule is C[NH+](CC(=O)Nc1ccc(-c2ccccc2)cc1)Cc1ccccc1. The molecule has 126 valence electrons. The van der Waals surface area contributed by atoms with E-state index in [2.05, 4.69) is 29.6 Å². The maximum Gasteiger partial charge on any atom is 0.279 e. The van der Waals surface area contributed by atoms with Gasteiger partial charge in [-0.1, -0.05) is 72.8 Å². The van der Waals surface area contributed by atoms with E-state index in [9.17, 15) is 4.79 Å². The van der Waals surface area contributed by atoms with Crippen molar-refractivity contribution in [3.8, 4) is 11.1 Å². The van der Waals surface area contributed by atoms with Crippen LogP contribution >= 0.6 is 0 Å². The van der Waals surface area contributed by atoms with E-state index in [1.54, 1.807) is 0 Å². The first kappa shape index (κ1) is 16.9. The lowest BCUT2D eigenvalue weighted by Crippen LogP contribution is -3.08. The van der Waals surface area contributed by atoms with E-state index in [4.69, 9.17) is 0 Å². The zero-order chi connectivity index (χ0) is 17.5. The first-order valence-corrected chi connectivity index (χ1v) is 8.51. The number of carbonyl (C=O) groups excluding carboxylic acids is 1. The van der Waals surface area contributed by atoms with Crippen molar-refractivity contribution in [3.63, 3.8) is 0 Å². The van der Waals surface area contributed by atoms with Crippen LogP contribution in [0, 0.1) is 0 Å². The summed E-state index contributed by atoms with van der Waals surface area (Å²) in [7, 11) is 2.03. The van der Waals surface area contributed by atoms with E-state index >= 15 is 0 Å². The van der Waals surface area contributed by atoms with Crippen molar-refractivity contribution in [3.05, 3.63) is 90.5 Å². The molecule has 3 aromatic carbocycles. The number of amides is 1. The predicted molar refractivity (Wildman–Crippen MR) is 102 cm³/mol. The highest BCUT2D eigenvalue weighted by Crippen LogP contribution is 2.20. The predicted octanol–water partition coefficient (Wildman–Crippen LogP) is 3.01. The fourth-order valence-corrected chi connectivity index (χ4v) is 2.86. The summed E-state index contributed by atoms with van der Waals surface area (Å²) in [5.41, 5.74) is 4.38. The molecule has 25 heavy (non-hydrogen) atoms. The molecular weight excluding hydrogens is 308 g/mol. The van der Waals surface area contributed by atoms with Crippen molar-refractivity contribution in [2.75, 3.05) is 18.9 Å². The van der Waals surface area contributed by atoms with Crippen LogP contribution in [0.2, 0.25) is 0 Å². The minimum Gasteiger partial charge on any atom is -0.326 e. The molecule has 3 rings (SSSR count). The van der Waals surface area contributed by atoms with E-state index in [1.807, 2.05) is 67.7 Å². The molecule has 3 heteroatoms. The van der Waals surface area contributed by atoms with Crippen molar-refractivity contribution in [2.45, 2.75) is 6.54 Å². The average molecular weight is 331 g/mol. The molecule has 0 saturated carbocycles. The number of nitrogens with one attached hydrogen (secondary N) is 2. The molecule has 1 unspecified atom stereocenters. The number of quaternary nitrogens is 1. The lowest BCUT2D eigenvalue weighted by molar-refractivity contribution is -0.885. The molecule has 0 aromatic heterocycles. The van der Waals surface area contributed by atoms with Crippen LogP contribution in [0.4, 0.5) is 5.69 Å². The van der Waals surface area contributed by atoms with Gasteiger partial charge in [0.1, 0.15) is 6.54 Å². The molecule has 2 N–H and O–H groups in total. The van der Waals surface area contributed by atoms with Crippen LogP contribution in [0.1, 0.15) is 5.56 Å². The smallest absolute Gasteiger partial charge is 0.279 e. The van der Waals surface area contributed by atoms with Crippen molar-refractivity contribution < 1.29 is 9.69 Å². The largest absolute Gasteiger partial charge is 0.326 e. The van der Waals surface area contributed by atoms with Gasteiger partial charge in [-0.3, -0.25) is 4.79 Å². The number of likely N-dealkylation sites (N-methyl/N-ethyl adjacent to an activating group) is 1. The van der Waals surface area contributed by atoms with Gasteiger partial charge in [0.25, 0.3) is 5.91 Å². The Balaban J connectivity index is 1.54. The molecule has 1 amide bonds. The Morgan fingerprint density at radius 2 is 1.36 bits per heavy atom. The maximum absolute atomic E-state index is 12.2. The summed E-state index contributed by atoms with van der Waals surface area (Å²) >= 11 is 0. The second kappa shape index (κ2) is 8.27. The Labute approximate surface area is 148 Å². The van der Waals surface area contributed by atoms with E-state index in [-0.39, 0.29) is 5.91 Å². The van der Waals surface area contributed by atoms with Gasteiger partial charge >= 0.3 is 0 Å². The second-order valence-corrected chi connectivity index (χ2v) is 6.29. The molecular formula is C22H23N2O+. The molecule has 0 saturated heterocycles. The van der Waals surface area contributed by atoms with Gasteiger partial charge in [0, 0.05) is 11.3 Å². The minimum atomic E-state index is 0.0286. The van der Waals surface area contributed by atoms with Crippen LogP contribution in [0.15, 0.2) is 84.9 Å². The summed E-state index contributed by atoms with van der Waals surface area (Å²) in [5, 5.41) is 2.98. The number of rotatable bonds is 6. The van der Waals surface area contributed by atoms with Crippen LogP contribution in [0.3, 0.4) is 0 Å². The van der Waals surface area contributed by atoms with E-state index in [0.717, 1.165) is 22.7 Å². The van der Waals surface area contributed by atoms with E-state index in [1.165, 1.54) is 11.1 Å². The molecule has 0 aliphatic rings. The first-order valence-electron chi connectivity index (χ1n) is 8.51. The quantitative estimate of drug-likeness (QED) is 0.715. The number of benzene rings is 3. The molecule has 3 nitrogen and oxygen atoms in total. The van der Waals surface area contributed by atoms with Crippen molar-refractivity contribution in [1.29, 1.82) is 0 Å². The zero-order valence-electron chi connectivity index (χ0n) is 14.4. The average Bonchev–Trinajstić information content (AvgIpc) is 2.63. The van der Waals surface area contributed by atoms with Crippen LogP contribution in [-0.4, -0.2) is 19.5 Å². The van der Waals surface area contributed by atoms with Crippen molar-refractivity contribution >= 4 is 11.6 Å². The number of hydrogen-bond acceptors (Lipinski definition) is 1. The fraction of sp³-hybridized carbons (Fsp3) is 0.136. The molecule has 3 aromatic rings. The zero-order valence-corrected chi connectivity index (χ0v) is 14.4. The van der Waals surface area contributed by atoms with E-state index < -0.39 is 0 Å². The van der Waals surface area contributed by atoms with Gasteiger partial charge in [-0.25, -0.2) is 0 Å². The molecule has 0 heterocycles. The maximum atomic E-state index is 12.2. The number of hydrogen-bond donors (Lipinski definition) is 2. The summed E-state index contributed by atoms with van der Waals surface area (Å²) < 4.78 is 0. The Morgan fingerprint density at radius 3 is 2.00 bits per heavy atom. The van der Waals surface area contributed by atoms with Crippen LogP contribution in [0.25, 0.3) is 11.1 Å². The van der Waals surface area contributed by atoms with Gasteiger partial charge in [0.15, 0.2) is 6.54 Å². The third-order valence-electron chi connectivity index (χ3n) is 4.09.